The lowest BCUT2D eigenvalue weighted by Crippen LogP contribution is -2.12. The van der Waals surface area contributed by atoms with Crippen LogP contribution in [0.15, 0.2) is 84.5 Å². The molecule has 0 aliphatic rings. The van der Waals surface area contributed by atoms with Gasteiger partial charge in [-0.05, 0) is 30.2 Å². The molecule has 0 saturated carbocycles. The van der Waals surface area contributed by atoms with Crippen molar-refractivity contribution in [2.45, 2.75) is 20.0 Å². The van der Waals surface area contributed by atoms with Crippen LogP contribution >= 0.6 is 23.2 Å². The predicted octanol–water partition coefficient (Wildman–Crippen LogP) is 5.33. The van der Waals surface area contributed by atoms with E-state index in [1.807, 2.05) is 43.5 Å². The molecule has 1 amide bonds. The van der Waals surface area contributed by atoms with E-state index in [2.05, 4.69) is 37.4 Å². The summed E-state index contributed by atoms with van der Waals surface area (Å²) in [5.41, 5.74) is 3.59. The topological polar surface area (TPSA) is 77.3 Å². The number of hydrogen-bond donors (Lipinski definition) is 1. The van der Waals surface area contributed by atoms with Gasteiger partial charge in [0.05, 0.1) is 29.0 Å². The highest BCUT2D eigenvalue weighted by Gasteiger charge is 2.13. The number of hydrogen-bond acceptors (Lipinski definition) is 3. The number of nitrogens with zero attached hydrogens (tertiary/aromatic N) is 5. The predicted molar refractivity (Wildman–Crippen MR) is 135 cm³/mol. The van der Waals surface area contributed by atoms with Crippen molar-refractivity contribution in [3.8, 4) is 0 Å². The number of amides is 1. The Morgan fingerprint density at radius 3 is 2.49 bits per heavy atom. The summed E-state index contributed by atoms with van der Waals surface area (Å²) >= 11 is 12.2. The number of carbonyl (C=O) groups excluding carboxylic acids is 1. The van der Waals surface area contributed by atoms with Gasteiger partial charge in [0.15, 0.2) is 0 Å². The summed E-state index contributed by atoms with van der Waals surface area (Å²) < 4.78 is 4.92. The van der Waals surface area contributed by atoms with E-state index in [1.54, 1.807) is 12.3 Å². The molecule has 2 aromatic carbocycles. The Morgan fingerprint density at radius 1 is 1.00 bits per heavy atom. The van der Waals surface area contributed by atoms with Crippen LogP contribution in [0.25, 0.3) is 10.9 Å². The molecule has 1 N–H and O–H groups in total. The van der Waals surface area contributed by atoms with Crippen LogP contribution in [-0.4, -0.2) is 30.0 Å². The second-order valence-electron chi connectivity index (χ2n) is 8.23. The Hall–Kier alpha value is -3.81. The van der Waals surface area contributed by atoms with Crippen LogP contribution in [-0.2, 0) is 13.1 Å². The Kier molecular flexibility index (Phi) is 6.19. The molecule has 35 heavy (non-hydrogen) atoms. The first kappa shape index (κ1) is 23.0. The van der Waals surface area contributed by atoms with Crippen molar-refractivity contribution in [3.63, 3.8) is 0 Å². The smallest absolute Gasteiger partial charge is 0.277 e. The second kappa shape index (κ2) is 9.44. The molecule has 0 saturated heterocycles. The van der Waals surface area contributed by atoms with E-state index in [0.29, 0.717) is 12.1 Å². The molecule has 0 unspecified atom stereocenters. The molecule has 3 heterocycles. The molecule has 0 spiro atoms. The van der Waals surface area contributed by atoms with Gasteiger partial charge in [-0.25, -0.2) is 9.98 Å². The van der Waals surface area contributed by atoms with Crippen LogP contribution in [0.3, 0.4) is 0 Å². The maximum atomic E-state index is 13.0. The molecule has 176 valence electrons. The average Bonchev–Trinajstić information content (AvgIpc) is 3.40. The molecule has 0 radical (unpaired) electrons. The summed E-state index contributed by atoms with van der Waals surface area (Å²) in [7, 11) is 0. The van der Waals surface area contributed by atoms with Crippen LogP contribution in [0.2, 0.25) is 10.0 Å². The highest BCUT2D eigenvalue weighted by atomic mass is 35.5. The number of halogens is 2. The van der Waals surface area contributed by atoms with E-state index in [0.717, 1.165) is 33.6 Å². The van der Waals surface area contributed by atoms with E-state index in [-0.39, 0.29) is 15.4 Å². The van der Waals surface area contributed by atoms with Gasteiger partial charge in [0.2, 0.25) is 0 Å². The van der Waals surface area contributed by atoms with E-state index in [1.165, 1.54) is 18.0 Å². The molecule has 5 aromatic rings. The fraction of sp³-hybridized carbons (Fsp3) is 0.115. The molecule has 0 aliphatic carbocycles. The fourth-order valence-electron chi connectivity index (χ4n) is 4.09. The van der Waals surface area contributed by atoms with Crippen molar-refractivity contribution in [2.24, 2.45) is 4.99 Å². The fourth-order valence-corrected chi connectivity index (χ4v) is 4.62. The molecule has 5 rings (SSSR count). The van der Waals surface area contributed by atoms with Gasteiger partial charge >= 0.3 is 0 Å². The van der Waals surface area contributed by atoms with Crippen LogP contribution in [0.4, 0.5) is 0 Å². The number of benzene rings is 2. The Balaban J connectivity index is 1.49. The normalized spacial score (nSPS) is 11.2. The summed E-state index contributed by atoms with van der Waals surface area (Å²) in [6.45, 7) is 3.31. The maximum Gasteiger partial charge on any atom is 0.277 e. The summed E-state index contributed by atoms with van der Waals surface area (Å²) in [5, 5.41) is 10.8. The molecule has 0 bridgehead atoms. The van der Waals surface area contributed by atoms with Crippen molar-refractivity contribution in [1.82, 2.24) is 18.8 Å². The zero-order valence-corrected chi connectivity index (χ0v) is 20.3. The zero-order valence-electron chi connectivity index (χ0n) is 18.8. The monoisotopic (exact) mass is 505 g/mol. The molecule has 3 aromatic heterocycles. The lowest BCUT2D eigenvalue weighted by Gasteiger charge is -2.10. The molecular formula is C26H21Cl2N5O2. The quantitative estimate of drug-likeness (QED) is 0.328. The highest BCUT2D eigenvalue weighted by molar-refractivity contribution is 6.34. The van der Waals surface area contributed by atoms with Crippen LogP contribution in [0.5, 0.6) is 0 Å². The zero-order chi connectivity index (χ0) is 24.5. The van der Waals surface area contributed by atoms with E-state index < -0.39 is 5.91 Å². The molecular weight excluding hydrogens is 485 g/mol. The lowest BCUT2D eigenvalue weighted by atomic mass is 10.1. The van der Waals surface area contributed by atoms with Gasteiger partial charge in [0.25, 0.3) is 5.91 Å². The van der Waals surface area contributed by atoms with Crippen molar-refractivity contribution in [2.75, 3.05) is 0 Å². The molecule has 0 fully saturated rings. The van der Waals surface area contributed by atoms with E-state index in [4.69, 9.17) is 23.2 Å². The third-order valence-electron chi connectivity index (χ3n) is 5.79. The molecule has 7 nitrogen and oxygen atoms in total. The number of imidazole rings is 1. The highest BCUT2D eigenvalue weighted by Crippen LogP contribution is 2.24. The van der Waals surface area contributed by atoms with Crippen molar-refractivity contribution in [3.05, 3.63) is 117 Å². The molecule has 0 atom stereocenters. The van der Waals surface area contributed by atoms with Crippen LogP contribution in [0, 0.1) is 6.92 Å². The molecule has 0 aliphatic heterocycles. The van der Waals surface area contributed by atoms with Gasteiger partial charge in [-0.1, -0.05) is 59.6 Å². The number of rotatable bonds is 5. The minimum Gasteiger partial charge on any atom is -0.429 e. The van der Waals surface area contributed by atoms with Gasteiger partial charge in [-0.3, -0.25) is 4.79 Å². The second-order valence-corrected chi connectivity index (χ2v) is 9.04. The summed E-state index contributed by atoms with van der Waals surface area (Å²) in [6, 6.07) is 15.7. The third-order valence-corrected chi connectivity index (χ3v) is 6.35. The van der Waals surface area contributed by atoms with Gasteiger partial charge in [-0.2, -0.15) is 4.73 Å². The largest absolute Gasteiger partial charge is 0.429 e. The number of pyridine rings is 1. The average molecular weight is 506 g/mol. The summed E-state index contributed by atoms with van der Waals surface area (Å²) in [6.07, 6.45) is 8.26. The van der Waals surface area contributed by atoms with Gasteiger partial charge < -0.3 is 14.3 Å². The first-order valence-electron chi connectivity index (χ1n) is 10.9. The summed E-state index contributed by atoms with van der Waals surface area (Å²) in [4.78, 5) is 21.6. The van der Waals surface area contributed by atoms with Crippen molar-refractivity contribution in [1.29, 1.82) is 0 Å². The minimum absolute atomic E-state index is 0.0684. The van der Waals surface area contributed by atoms with Crippen LogP contribution in [0.1, 0.15) is 27.3 Å². The molecule has 9 heteroatoms. The Morgan fingerprint density at radius 2 is 1.74 bits per heavy atom. The van der Waals surface area contributed by atoms with Gasteiger partial charge in [0, 0.05) is 41.6 Å². The van der Waals surface area contributed by atoms with E-state index in [9.17, 15) is 10.0 Å². The number of aryl methyl sites for hydroxylation is 1. The number of fused-ring (bicyclic) bond motifs is 1. The first-order valence-corrected chi connectivity index (χ1v) is 11.6. The van der Waals surface area contributed by atoms with Crippen molar-refractivity contribution >= 4 is 40.0 Å². The summed E-state index contributed by atoms with van der Waals surface area (Å²) in [5.74, 6) is 0.426. The minimum atomic E-state index is -0.484. The lowest BCUT2D eigenvalue weighted by molar-refractivity contribution is 0.0998. The SMILES string of the molecule is Cc1cn(Cc2nccn2Cc2ccccc2)c2cc(C(=O)N=c3c(Cl)cn(O)cc3Cl)ccc12. The number of carbonyl (C=O) groups is 1. The van der Waals surface area contributed by atoms with E-state index >= 15 is 0 Å². The Labute approximate surface area is 211 Å². The number of aromatic nitrogens is 4. The van der Waals surface area contributed by atoms with Crippen molar-refractivity contribution < 1.29 is 10.0 Å². The third kappa shape index (κ3) is 4.73. The maximum absolute atomic E-state index is 13.0. The standard InChI is InChI=1S/C26H21Cl2N5O2/c1-17-12-32(16-24-29-9-10-31(24)13-18-5-3-2-4-6-18)23-11-19(7-8-20(17)23)26(34)30-25-21(27)14-33(35)15-22(25)28/h2-12,14-15,35H,13,16H2,1H3. The Bertz CT molecular complexity index is 1590. The van der Waals surface area contributed by atoms with Gasteiger partial charge in [-0.15, -0.1) is 0 Å². The van der Waals surface area contributed by atoms with Crippen LogP contribution < -0.4 is 5.36 Å². The first-order chi connectivity index (χ1) is 16.9. The van der Waals surface area contributed by atoms with Gasteiger partial charge in [0.1, 0.15) is 11.2 Å².